The molecule has 1 fully saturated rings. The van der Waals surface area contributed by atoms with E-state index in [1.54, 1.807) is 24.6 Å². The Morgan fingerprint density at radius 1 is 0.792 bits per heavy atom. The van der Waals surface area contributed by atoms with Gasteiger partial charge in [0.25, 0.3) is 0 Å². The molecule has 0 spiro atoms. The van der Waals surface area contributed by atoms with Gasteiger partial charge in [-0.1, -0.05) is 56.2 Å². The van der Waals surface area contributed by atoms with Crippen LogP contribution in [0.25, 0.3) is 0 Å². The monoisotopic (exact) mass is 322 g/mol. The highest BCUT2D eigenvalue weighted by molar-refractivity contribution is 5.82. The largest absolute Gasteiger partial charge is 0.207 e. The van der Waals surface area contributed by atoms with Crippen molar-refractivity contribution in [2.45, 2.75) is 38.5 Å². The van der Waals surface area contributed by atoms with Crippen molar-refractivity contribution in [3.63, 3.8) is 0 Å². The average molecular weight is 322 g/mol. The fraction of sp³-hybridized carbons (Fsp3) is 0.333. The molecule has 124 valence electrons. The van der Waals surface area contributed by atoms with Crippen molar-refractivity contribution in [2.24, 2.45) is 16.1 Å². The SMILES string of the molecule is CC1CCC(c2ccc(/C=N/N=C/c3ccc(F)cc3)cc2)CC1. The molecule has 2 aromatic carbocycles. The van der Waals surface area contributed by atoms with Crippen LogP contribution in [0, 0.1) is 11.7 Å². The van der Waals surface area contributed by atoms with E-state index in [2.05, 4.69) is 41.4 Å². The van der Waals surface area contributed by atoms with E-state index in [0.29, 0.717) is 5.92 Å². The summed E-state index contributed by atoms with van der Waals surface area (Å²) in [6.07, 6.45) is 8.64. The van der Waals surface area contributed by atoms with Crippen molar-refractivity contribution >= 4 is 12.4 Å². The van der Waals surface area contributed by atoms with E-state index in [1.807, 2.05) is 0 Å². The second-order valence-corrected chi connectivity index (χ2v) is 6.66. The predicted molar refractivity (Wildman–Crippen MR) is 98.4 cm³/mol. The number of rotatable bonds is 4. The Morgan fingerprint density at radius 2 is 1.29 bits per heavy atom. The molecule has 2 aromatic rings. The minimum absolute atomic E-state index is 0.247. The van der Waals surface area contributed by atoms with Crippen LogP contribution in [0.4, 0.5) is 4.39 Å². The van der Waals surface area contributed by atoms with E-state index in [4.69, 9.17) is 0 Å². The molecule has 1 aliphatic carbocycles. The molecule has 0 radical (unpaired) electrons. The number of hydrogen-bond donors (Lipinski definition) is 0. The maximum atomic E-state index is 12.8. The van der Waals surface area contributed by atoms with Gasteiger partial charge in [0.2, 0.25) is 0 Å². The smallest absolute Gasteiger partial charge is 0.123 e. The molecule has 1 aliphatic rings. The normalized spacial score (nSPS) is 21.6. The number of hydrogen-bond acceptors (Lipinski definition) is 2. The van der Waals surface area contributed by atoms with E-state index in [9.17, 15) is 4.39 Å². The third kappa shape index (κ3) is 4.60. The van der Waals surface area contributed by atoms with Crippen LogP contribution in [0.5, 0.6) is 0 Å². The summed E-state index contributed by atoms with van der Waals surface area (Å²) in [6.45, 7) is 2.35. The van der Waals surface area contributed by atoms with Crippen molar-refractivity contribution < 1.29 is 4.39 Å². The maximum absolute atomic E-state index is 12.8. The first-order valence-corrected chi connectivity index (χ1v) is 8.62. The van der Waals surface area contributed by atoms with E-state index < -0.39 is 0 Å². The third-order valence-corrected chi connectivity index (χ3v) is 4.77. The third-order valence-electron chi connectivity index (χ3n) is 4.77. The molecule has 0 bridgehead atoms. The van der Waals surface area contributed by atoms with Crippen LogP contribution in [0.1, 0.15) is 55.2 Å². The van der Waals surface area contributed by atoms with Gasteiger partial charge in [0.15, 0.2) is 0 Å². The van der Waals surface area contributed by atoms with E-state index in [1.165, 1.54) is 43.4 Å². The Bertz CT molecular complexity index is 694. The lowest BCUT2D eigenvalue weighted by molar-refractivity contribution is 0.348. The van der Waals surface area contributed by atoms with Gasteiger partial charge >= 0.3 is 0 Å². The fourth-order valence-electron chi connectivity index (χ4n) is 3.20. The van der Waals surface area contributed by atoms with Crippen molar-refractivity contribution in [2.75, 3.05) is 0 Å². The summed E-state index contributed by atoms with van der Waals surface area (Å²) in [7, 11) is 0. The Kier molecular flexibility index (Phi) is 5.52. The first-order valence-electron chi connectivity index (χ1n) is 8.62. The van der Waals surface area contributed by atoms with Crippen LogP contribution in [0.3, 0.4) is 0 Å². The zero-order valence-corrected chi connectivity index (χ0v) is 14.0. The molecule has 3 rings (SSSR count). The predicted octanol–water partition coefficient (Wildman–Crippen LogP) is 5.57. The molecular weight excluding hydrogens is 299 g/mol. The summed E-state index contributed by atoms with van der Waals surface area (Å²) in [5, 5.41) is 8.07. The first kappa shape index (κ1) is 16.6. The summed E-state index contributed by atoms with van der Waals surface area (Å²) in [4.78, 5) is 0. The van der Waals surface area contributed by atoms with Crippen LogP contribution >= 0.6 is 0 Å². The van der Waals surface area contributed by atoms with Gasteiger partial charge in [-0.25, -0.2) is 4.39 Å². The lowest BCUT2D eigenvalue weighted by Gasteiger charge is -2.26. The van der Waals surface area contributed by atoms with Gasteiger partial charge in [0.05, 0.1) is 12.4 Å². The van der Waals surface area contributed by atoms with Gasteiger partial charge in [0.1, 0.15) is 5.82 Å². The van der Waals surface area contributed by atoms with Crippen LogP contribution in [-0.2, 0) is 0 Å². The summed E-state index contributed by atoms with van der Waals surface area (Å²) < 4.78 is 12.8. The minimum atomic E-state index is -0.247. The van der Waals surface area contributed by atoms with Gasteiger partial charge in [-0.2, -0.15) is 10.2 Å². The molecule has 0 heterocycles. The van der Waals surface area contributed by atoms with Crippen molar-refractivity contribution in [3.05, 3.63) is 71.0 Å². The number of halogens is 1. The van der Waals surface area contributed by atoms with Gasteiger partial charge < -0.3 is 0 Å². The second-order valence-electron chi connectivity index (χ2n) is 6.66. The van der Waals surface area contributed by atoms with E-state index >= 15 is 0 Å². The van der Waals surface area contributed by atoms with Gasteiger partial charge in [0, 0.05) is 0 Å². The average Bonchev–Trinajstić information content (AvgIpc) is 2.62. The minimum Gasteiger partial charge on any atom is -0.207 e. The molecule has 0 atom stereocenters. The maximum Gasteiger partial charge on any atom is 0.123 e. The Hall–Kier alpha value is -2.29. The van der Waals surface area contributed by atoms with Crippen LogP contribution in [0.15, 0.2) is 58.7 Å². The van der Waals surface area contributed by atoms with Crippen LogP contribution in [-0.4, -0.2) is 12.4 Å². The summed E-state index contributed by atoms with van der Waals surface area (Å²) in [6, 6.07) is 14.8. The topological polar surface area (TPSA) is 24.7 Å². The van der Waals surface area contributed by atoms with E-state index in [0.717, 1.165) is 17.0 Å². The Labute approximate surface area is 143 Å². The first-order chi connectivity index (χ1) is 11.7. The number of benzene rings is 2. The molecule has 0 N–H and O–H groups in total. The molecule has 0 aliphatic heterocycles. The molecule has 24 heavy (non-hydrogen) atoms. The van der Waals surface area contributed by atoms with E-state index in [-0.39, 0.29) is 5.82 Å². The Balaban J connectivity index is 1.56. The zero-order chi connectivity index (χ0) is 16.8. The van der Waals surface area contributed by atoms with Crippen molar-refractivity contribution in [1.29, 1.82) is 0 Å². The van der Waals surface area contributed by atoms with Crippen molar-refractivity contribution in [1.82, 2.24) is 0 Å². The van der Waals surface area contributed by atoms with Gasteiger partial charge in [-0.3, -0.25) is 0 Å². The zero-order valence-electron chi connectivity index (χ0n) is 14.0. The standard InChI is InChI=1S/C21H23FN2/c1-16-2-8-19(9-3-16)20-10-4-17(5-11-20)14-23-24-15-18-6-12-21(22)13-7-18/h4-7,10-16,19H,2-3,8-9H2,1H3/b23-14+,24-15+. The highest BCUT2D eigenvalue weighted by atomic mass is 19.1. The van der Waals surface area contributed by atoms with Gasteiger partial charge in [-0.05, 0) is 53.5 Å². The lowest BCUT2D eigenvalue weighted by atomic mass is 9.79. The fourth-order valence-corrected chi connectivity index (χ4v) is 3.20. The van der Waals surface area contributed by atoms with Crippen LogP contribution in [0.2, 0.25) is 0 Å². The van der Waals surface area contributed by atoms with Crippen molar-refractivity contribution in [3.8, 4) is 0 Å². The summed E-state index contributed by atoms with van der Waals surface area (Å²) >= 11 is 0. The molecule has 0 aromatic heterocycles. The highest BCUT2D eigenvalue weighted by Crippen LogP contribution is 2.35. The molecule has 0 saturated heterocycles. The Morgan fingerprint density at radius 3 is 1.83 bits per heavy atom. The summed E-state index contributed by atoms with van der Waals surface area (Å²) in [5.41, 5.74) is 3.31. The number of nitrogens with zero attached hydrogens (tertiary/aromatic N) is 2. The van der Waals surface area contributed by atoms with Crippen LogP contribution < -0.4 is 0 Å². The quantitative estimate of drug-likeness (QED) is 0.519. The molecule has 3 heteroatoms. The molecule has 2 nitrogen and oxygen atoms in total. The molecule has 0 amide bonds. The molecular formula is C21H23FN2. The van der Waals surface area contributed by atoms with Gasteiger partial charge in [-0.15, -0.1) is 0 Å². The molecule has 0 unspecified atom stereocenters. The lowest BCUT2D eigenvalue weighted by Crippen LogP contribution is -2.10. The second kappa shape index (κ2) is 8.00. The highest BCUT2D eigenvalue weighted by Gasteiger charge is 2.19. The summed E-state index contributed by atoms with van der Waals surface area (Å²) in [5.74, 6) is 1.35. The molecule has 1 saturated carbocycles.